The zero-order valence-electron chi connectivity index (χ0n) is 15.1. The fourth-order valence-electron chi connectivity index (χ4n) is 3.37. The van der Waals surface area contributed by atoms with Gasteiger partial charge in [0.25, 0.3) is 0 Å². The van der Waals surface area contributed by atoms with Gasteiger partial charge in [0.1, 0.15) is 11.6 Å². The first-order valence-electron chi connectivity index (χ1n) is 8.75. The summed E-state index contributed by atoms with van der Waals surface area (Å²) in [6.07, 6.45) is 7.36. The van der Waals surface area contributed by atoms with E-state index in [0.29, 0.717) is 35.4 Å². The molecule has 4 heterocycles. The van der Waals surface area contributed by atoms with E-state index in [2.05, 4.69) is 30.2 Å². The topological polar surface area (TPSA) is 141 Å². The van der Waals surface area contributed by atoms with Gasteiger partial charge in [-0.3, -0.25) is 0 Å². The summed E-state index contributed by atoms with van der Waals surface area (Å²) in [6, 6.07) is 3.34. The van der Waals surface area contributed by atoms with Gasteiger partial charge in [-0.2, -0.15) is 10.2 Å². The van der Waals surface area contributed by atoms with E-state index in [1.54, 1.807) is 12.3 Å². The number of aromatic nitrogens is 5. The van der Waals surface area contributed by atoms with Crippen molar-refractivity contribution >= 4 is 27.0 Å². The van der Waals surface area contributed by atoms with Crippen LogP contribution >= 0.6 is 0 Å². The first-order chi connectivity index (χ1) is 13.5. The third kappa shape index (κ3) is 3.39. The second-order valence-corrected chi connectivity index (χ2v) is 8.43. The van der Waals surface area contributed by atoms with Gasteiger partial charge in [0.05, 0.1) is 29.8 Å². The second kappa shape index (κ2) is 7.14. The summed E-state index contributed by atoms with van der Waals surface area (Å²) < 4.78 is 26.7. The summed E-state index contributed by atoms with van der Waals surface area (Å²) in [5, 5.41) is 12.5. The van der Waals surface area contributed by atoms with Gasteiger partial charge in [0.2, 0.25) is 15.8 Å². The van der Waals surface area contributed by atoms with Crippen molar-refractivity contribution in [1.82, 2.24) is 30.2 Å². The number of nitriles is 1. The van der Waals surface area contributed by atoms with E-state index < -0.39 is 10.0 Å². The molecule has 1 unspecified atom stereocenters. The average molecular weight is 398 g/mol. The number of hydrogen-bond donors (Lipinski definition) is 2. The van der Waals surface area contributed by atoms with E-state index >= 15 is 0 Å². The maximum Gasteiger partial charge on any atom is 0.234 e. The maximum atomic E-state index is 12.7. The van der Waals surface area contributed by atoms with Crippen LogP contribution in [0.1, 0.15) is 18.7 Å². The quantitative estimate of drug-likeness (QED) is 0.658. The van der Waals surface area contributed by atoms with E-state index in [9.17, 15) is 13.7 Å². The van der Waals surface area contributed by atoms with Crippen molar-refractivity contribution in [2.24, 2.45) is 0 Å². The normalized spacial score (nSPS) is 17.4. The molecule has 1 aliphatic heterocycles. The van der Waals surface area contributed by atoms with Crippen LogP contribution in [0, 0.1) is 11.3 Å². The highest BCUT2D eigenvalue weighted by Gasteiger charge is 2.32. The van der Waals surface area contributed by atoms with E-state index in [4.69, 9.17) is 0 Å². The lowest BCUT2D eigenvalue weighted by molar-refractivity contribution is 0.454. The molecule has 4 rings (SSSR count). The van der Waals surface area contributed by atoms with Gasteiger partial charge >= 0.3 is 0 Å². The highest BCUT2D eigenvalue weighted by Crippen LogP contribution is 2.32. The zero-order valence-corrected chi connectivity index (χ0v) is 15.9. The molecule has 1 aliphatic rings. The molecule has 0 aromatic carbocycles. The van der Waals surface area contributed by atoms with Crippen molar-refractivity contribution < 1.29 is 8.42 Å². The fourth-order valence-corrected chi connectivity index (χ4v) is 4.54. The van der Waals surface area contributed by atoms with Gasteiger partial charge < -0.3 is 10.3 Å². The lowest BCUT2D eigenvalue weighted by atomic mass is 10.1. The number of hydrogen-bond acceptors (Lipinski definition) is 8. The Morgan fingerprint density at radius 3 is 2.86 bits per heavy atom. The Morgan fingerprint density at radius 1 is 1.29 bits per heavy atom. The molecule has 0 bridgehead atoms. The standard InChI is InChI=1S/C17H18N8O2S/c1-28(26,27)25(11-3-2-5-19-8-11)17-12(9-21-15(7-18)24-17)14-10-22-16-13(23-14)4-6-20-16/h4,6,9-11,19H,2-3,5,8H2,1H3,(H,20,22). The van der Waals surface area contributed by atoms with Crippen LogP contribution < -0.4 is 9.62 Å². The predicted molar refractivity (Wildman–Crippen MR) is 103 cm³/mol. The monoisotopic (exact) mass is 398 g/mol. The minimum absolute atomic E-state index is 0.105. The van der Waals surface area contributed by atoms with Crippen molar-refractivity contribution in [2.45, 2.75) is 18.9 Å². The Kier molecular flexibility index (Phi) is 4.66. The average Bonchev–Trinajstić information content (AvgIpc) is 3.15. The highest BCUT2D eigenvalue weighted by molar-refractivity contribution is 7.92. The first-order valence-corrected chi connectivity index (χ1v) is 10.6. The summed E-state index contributed by atoms with van der Waals surface area (Å²) in [6.45, 7) is 1.34. The summed E-state index contributed by atoms with van der Waals surface area (Å²) in [5.74, 6) is 0.0405. The summed E-state index contributed by atoms with van der Waals surface area (Å²) >= 11 is 0. The van der Waals surface area contributed by atoms with Gasteiger partial charge in [0, 0.05) is 18.9 Å². The Bertz CT molecular complexity index is 1160. The fraction of sp³-hybridized carbons (Fsp3) is 0.353. The van der Waals surface area contributed by atoms with Gasteiger partial charge in [-0.05, 0) is 25.5 Å². The molecule has 0 radical (unpaired) electrons. The van der Waals surface area contributed by atoms with Crippen LogP contribution in [0.4, 0.5) is 5.82 Å². The van der Waals surface area contributed by atoms with Crippen LogP contribution in [0.2, 0.25) is 0 Å². The number of rotatable bonds is 4. The van der Waals surface area contributed by atoms with Gasteiger partial charge in [-0.1, -0.05) is 0 Å². The molecular formula is C17H18N8O2S. The van der Waals surface area contributed by atoms with Crippen molar-refractivity contribution in [1.29, 1.82) is 5.26 Å². The molecule has 3 aromatic rings. The molecule has 0 spiro atoms. The molecule has 3 aromatic heterocycles. The number of anilines is 1. The van der Waals surface area contributed by atoms with Crippen LogP contribution in [-0.2, 0) is 10.0 Å². The molecule has 28 heavy (non-hydrogen) atoms. The second-order valence-electron chi connectivity index (χ2n) is 6.57. The smallest absolute Gasteiger partial charge is 0.234 e. The van der Waals surface area contributed by atoms with Crippen LogP contribution in [-0.4, -0.2) is 58.7 Å². The van der Waals surface area contributed by atoms with E-state index in [-0.39, 0.29) is 17.7 Å². The van der Waals surface area contributed by atoms with Crippen molar-refractivity contribution in [3.63, 3.8) is 0 Å². The zero-order chi connectivity index (χ0) is 19.7. The first kappa shape index (κ1) is 18.3. The van der Waals surface area contributed by atoms with E-state index in [0.717, 1.165) is 19.2 Å². The SMILES string of the molecule is CS(=O)(=O)N(c1nc(C#N)ncc1-c1cnc2[nH]ccc2n1)C1CCCNC1. The minimum Gasteiger partial charge on any atom is -0.345 e. The third-order valence-electron chi connectivity index (χ3n) is 4.57. The number of H-pyrrole nitrogens is 1. The highest BCUT2D eigenvalue weighted by atomic mass is 32.2. The molecule has 10 nitrogen and oxygen atoms in total. The molecule has 0 saturated carbocycles. The molecule has 1 atom stereocenters. The van der Waals surface area contributed by atoms with Crippen LogP contribution in [0.3, 0.4) is 0 Å². The molecule has 2 N–H and O–H groups in total. The van der Waals surface area contributed by atoms with Crippen LogP contribution in [0.25, 0.3) is 22.4 Å². The Balaban J connectivity index is 1.91. The van der Waals surface area contributed by atoms with Crippen molar-refractivity contribution in [3.8, 4) is 17.3 Å². The van der Waals surface area contributed by atoms with Gasteiger partial charge in [-0.15, -0.1) is 0 Å². The Morgan fingerprint density at radius 2 is 2.14 bits per heavy atom. The molecule has 0 amide bonds. The molecule has 0 aliphatic carbocycles. The Hall–Kier alpha value is -3.10. The lowest BCUT2D eigenvalue weighted by Gasteiger charge is -2.34. The number of aromatic amines is 1. The van der Waals surface area contributed by atoms with E-state index in [1.165, 1.54) is 16.7 Å². The molecule has 144 valence electrons. The van der Waals surface area contributed by atoms with E-state index in [1.807, 2.05) is 6.07 Å². The minimum atomic E-state index is -3.67. The predicted octanol–water partition coefficient (Wildman–Crippen LogP) is 0.805. The summed E-state index contributed by atoms with van der Waals surface area (Å²) in [4.78, 5) is 20.1. The molecule has 1 fully saturated rings. The largest absolute Gasteiger partial charge is 0.345 e. The molecule has 1 saturated heterocycles. The summed E-state index contributed by atoms with van der Waals surface area (Å²) in [7, 11) is -3.67. The van der Waals surface area contributed by atoms with Crippen molar-refractivity contribution in [2.75, 3.05) is 23.7 Å². The lowest BCUT2D eigenvalue weighted by Crippen LogP contribution is -2.49. The number of piperidine rings is 1. The summed E-state index contributed by atoms with van der Waals surface area (Å²) in [5.41, 5.74) is 2.10. The maximum absolute atomic E-state index is 12.7. The van der Waals surface area contributed by atoms with Crippen molar-refractivity contribution in [3.05, 3.63) is 30.5 Å². The number of nitrogens with one attached hydrogen (secondary N) is 2. The third-order valence-corrected chi connectivity index (χ3v) is 5.76. The number of nitrogens with zero attached hydrogens (tertiary/aromatic N) is 6. The molecular weight excluding hydrogens is 380 g/mol. The van der Waals surface area contributed by atoms with Crippen LogP contribution in [0.15, 0.2) is 24.7 Å². The van der Waals surface area contributed by atoms with Gasteiger partial charge in [-0.25, -0.2) is 27.7 Å². The molecule has 11 heteroatoms. The Labute approximate surface area is 161 Å². The number of sulfonamides is 1. The number of fused-ring (bicyclic) bond motifs is 1. The van der Waals surface area contributed by atoms with Gasteiger partial charge in [0.15, 0.2) is 11.5 Å². The van der Waals surface area contributed by atoms with Crippen LogP contribution in [0.5, 0.6) is 0 Å².